The highest BCUT2D eigenvalue weighted by Gasteiger charge is 2.35. The lowest BCUT2D eigenvalue weighted by Crippen LogP contribution is -2.31. The first-order chi connectivity index (χ1) is 11.3. The van der Waals surface area contributed by atoms with Crippen LogP contribution in [-0.4, -0.2) is 40.0 Å². The number of nitrogens with zero attached hydrogens (tertiary/aromatic N) is 1. The minimum Gasteiger partial charge on any atom is -0.392 e. The molecule has 3 rings (SSSR count). The van der Waals surface area contributed by atoms with E-state index in [2.05, 4.69) is 4.98 Å². The molecule has 2 heterocycles. The van der Waals surface area contributed by atoms with Gasteiger partial charge < -0.3 is 10.1 Å². The standard InChI is InChI=1S/C18H20F2N2O2/c1-10-5-14(11(2)21-10)18(24)9-22-8-13(23)7-17(22)15-6-12(19)3-4-16(15)20/h3-6,13,17,21,23H,7-9H2,1-2H3. The fourth-order valence-corrected chi connectivity index (χ4v) is 3.43. The zero-order valence-corrected chi connectivity index (χ0v) is 13.6. The van der Waals surface area contributed by atoms with E-state index in [0.29, 0.717) is 5.56 Å². The number of hydrogen-bond donors (Lipinski definition) is 2. The van der Waals surface area contributed by atoms with Crippen molar-refractivity contribution in [2.24, 2.45) is 0 Å². The first-order valence-electron chi connectivity index (χ1n) is 7.91. The van der Waals surface area contributed by atoms with E-state index in [1.165, 1.54) is 0 Å². The lowest BCUT2D eigenvalue weighted by Gasteiger charge is -2.24. The molecule has 2 atom stereocenters. The predicted molar refractivity (Wildman–Crippen MR) is 85.9 cm³/mol. The summed E-state index contributed by atoms with van der Waals surface area (Å²) in [6.07, 6.45) is -0.391. The zero-order valence-electron chi connectivity index (χ0n) is 13.6. The van der Waals surface area contributed by atoms with Gasteiger partial charge in [-0.1, -0.05) is 0 Å². The number of halogens is 2. The van der Waals surface area contributed by atoms with Gasteiger partial charge in [-0.25, -0.2) is 8.78 Å². The molecule has 1 aromatic carbocycles. The summed E-state index contributed by atoms with van der Waals surface area (Å²) in [7, 11) is 0. The lowest BCUT2D eigenvalue weighted by atomic mass is 10.0. The van der Waals surface area contributed by atoms with Gasteiger partial charge in [-0.15, -0.1) is 0 Å². The quantitative estimate of drug-likeness (QED) is 0.846. The smallest absolute Gasteiger partial charge is 0.178 e. The van der Waals surface area contributed by atoms with Gasteiger partial charge in [-0.2, -0.15) is 0 Å². The summed E-state index contributed by atoms with van der Waals surface area (Å²) in [4.78, 5) is 17.4. The summed E-state index contributed by atoms with van der Waals surface area (Å²) in [6, 6.07) is 4.55. The SMILES string of the molecule is Cc1cc(C(=O)CN2CC(O)CC2c2cc(F)ccc2F)c(C)[nH]1. The van der Waals surface area contributed by atoms with Crippen LogP contribution in [0.25, 0.3) is 0 Å². The predicted octanol–water partition coefficient (Wildman–Crippen LogP) is 2.90. The van der Waals surface area contributed by atoms with Gasteiger partial charge in [0.1, 0.15) is 11.6 Å². The fourth-order valence-electron chi connectivity index (χ4n) is 3.43. The summed E-state index contributed by atoms with van der Waals surface area (Å²) >= 11 is 0. The number of β-amino-alcohol motifs (C(OH)–C–C–N with tert-alkyl or cyclic N) is 1. The Hall–Kier alpha value is -2.05. The van der Waals surface area contributed by atoms with Crippen LogP contribution in [-0.2, 0) is 0 Å². The summed E-state index contributed by atoms with van der Waals surface area (Å²) in [5.41, 5.74) is 2.45. The Balaban J connectivity index is 1.84. The number of nitrogens with one attached hydrogen (secondary N) is 1. The summed E-state index contributed by atoms with van der Waals surface area (Å²) < 4.78 is 27.6. The second-order valence-corrected chi connectivity index (χ2v) is 6.41. The Morgan fingerprint density at radius 3 is 2.75 bits per heavy atom. The number of aliphatic hydroxyl groups is 1. The molecule has 1 aromatic heterocycles. The van der Waals surface area contributed by atoms with Gasteiger partial charge in [0.15, 0.2) is 5.78 Å². The van der Waals surface area contributed by atoms with Gasteiger partial charge >= 0.3 is 0 Å². The number of likely N-dealkylation sites (tertiary alicyclic amines) is 1. The van der Waals surface area contributed by atoms with Gasteiger partial charge in [0, 0.05) is 35.1 Å². The van der Waals surface area contributed by atoms with Gasteiger partial charge in [0.2, 0.25) is 0 Å². The Labute approximate surface area is 139 Å². The van der Waals surface area contributed by atoms with E-state index in [9.17, 15) is 18.7 Å². The van der Waals surface area contributed by atoms with Crippen molar-refractivity contribution in [1.29, 1.82) is 0 Å². The monoisotopic (exact) mass is 334 g/mol. The van der Waals surface area contributed by atoms with Crippen molar-refractivity contribution in [3.8, 4) is 0 Å². The first kappa shape index (κ1) is 16.8. The second-order valence-electron chi connectivity index (χ2n) is 6.41. The number of aliphatic hydroxyl groups excluding tert-OH is 1. The van der Waals surface area contributed by atoms with Crippen LogP contribution >= 0.6 is 0 Å². The Bertz CT molecular complexity index is 772. The number of hydrogen-bond acceptors (Lipinski definition) is 3. The van der Waals surface area contributed by atoms with Crippen molar-refractivity contribution < 1.29 is 18.7 Å². The number of aromatic nitrogens is 1. The molecule has 128 valence electrons. The highest BCUT2D eigenvalue weighted by atomic mass is 19.1. The number of carbonyl (C=O) groups is 1. The molecule has 1 fully saturated rings. The molecule has 1 aliphatic heterocycles. The number of H-pyrrole nitrogens is 1. The maximum Gasteiger partial charge on any atom is 0.178 e. The summed E-state index contributed by atoms with van der Waals surface area (Å²) in [5.74, 6) is -1.16. The molecule has 6 heteroatoms. The highest BCUT2D eigenvalue weighted by Crippen LogP contribution is 2.34. The van der Waals surface area contributed by atoms with E-state index in [-0.39, 0.29) is 30.9 Å². The van der Waals surface area contributed by atoms with E-state index in [1.54, 1.807) is 11.0 Å². The van der Waals surface area contributed by atoms with Crippen LogP contribution in [0.3, 0.4) is 0 Å². The maximum atomic E-state index is 14.1. The zero-order chi connectivity index (χ0) is 17.4. The summed E-state index contributed by atoms with van der Waals surface area (Å²) in [6.45, 7) is 4.00. The minimum absolute atomic E-state index is 0.0514. The molecule has 1 aliphatic rings. The van der Waals surface area contributed by atoms with Crippen LogP contribution in [0.1, 0.15) is 39.8 Å². The van der Waals surface area contributed by atoms with Crippen LogP contribution < -0.4 is 0 Å². The minimum atomic E-state index is -0.667. The van der Waals surface area contributed by atoms with Crippen LogP contribution in [0.5, 0.6) is 0 Å². The molecule has 1 saturated heterocycles. The molecule has 2 aromatic rings. The number of aryl methyl sites for hydroxylation is 2. The molecule has 4 nitrogen and oxygen atoms in total. The third-order valence-electron chi connectivity index (χ3n) is 4.50. The van der Waals surface area contributed by atoms with Gasteiger partial charge in [0.05, 0.1) is 12.6 Å². The number of aromatic amines is 1. The average molecular weight is 334 g/mol. The second kappa shape index (κ2) is 6.45. The van der Waals surface area contributed by atoms with Gasteiger partial charge in [0.25, 0.3) is 0 Å². The van der Waals surface area contributed by atoms with Crippen LogP contribution in [0, 0.1) is 25.5 Å². The molecule has 24 heavy (non-hydrogen) atoms. The Kier molecular flexibility index (Phi) is 4.51. The highest BCUT2D eigenvalue weighted by molar-refractivity contribution is 5.98. The molecule has 0 bridgehead atoms. The number of benzene rings is 1. The number of rotatable bonds is 4. The molecule has 0 saturated carbocycles. The molecule has 0 aliphatic carbocycles. The van der Waals surface area contributed by atoms with E-state index < -0.39 is 23.8 Å². The van der Waals surface area contributed by atoms with Crippen molar-refractivity contribution in [3.05, 3.63) is 58.4 Å². The maximum absolute atomic E-state index is 14.1. The van der Waals surface area contributed by atoms with Gasteiger partial charge in [-0.3, -0.25) is 9.69 Å². The van der Waals surface area contributed by atoms with E-state index in [1.807, 2.05) is 13.8 Å². The normalized spacial score (nSPS) is 21.4. The van der Waals surface area contributed by atoms with Gasteiger partial charge in [-0.05, 0) is 44.5 Å². The molecule has 2 N–H and O–H groups in total. The largest absolute Gasteiger partial charge is 0.392 e. The van der Waals surface area contributed by atoms with Crippen molar-refractivity contribution in [2.45, 2.75) is 32.4 Å². The van der Waals surface area contributed by atoms with Crippen LogP contribution in [0.15, 0.2) is 24.3 Å². The molecular formula is C18H20F2N2O2. The number of Topliss-reactive ketones (excluding diaryl/α,β-unsaturated/α-hetero) is 1. The van der Waals surface area contributed by atoms with Crippen LogP contribution in [0.2, 0.25) is 0 Å². The van der Waals surface area contributed by atoms with Crippen LogP contribution in [0.4, 0.5) is 8.78 Å². The Morgan fingerprint density at radius 2 is 2.08 bits per heavy atom. The van der Waals surface area contributed by atoms with Crippen molar-refractivity contribution in [2.75, 3.05) is 13.1 Å². The number of ketones is 1. The van der Waals surface area contributed by atoms with Crippen molar-refractivity contribution in [1.82, 2.24) is 9.88 Å². The molecule has 0 radical (unpaired) electrons. The van der Waals surface area contributed by atoms with E-state index in [0.717, 1.165) is 29.6 Å². The first-order valence-corrected chi connectivity index (χ1v) is 7.91. The molecular weight excluding hydrogens is 314 g/mol. The van der Waals surface area contributed by atoms with Crippen molar-refractivity contribution >= 4 is 5.78 Å². The van der Waals surface area contributed by atoms with Crippen molar-refractivity contribution in [3.63, 3.8) is 0 Å². The third-order valence-corrected chi connectivity index (χ3v) is 4.50. The Morgan fingerprint density at radius 1 is 1.33 bits per heavy atom. The average Bonchev–Trinajstić information content (AvgIpc) is 3.03. The summed E-state index contributed by atoms with van der Waals surface area (Å²) in [5, 5.41) is 9.96. The molecule has 0 spiro atoms. The number of carbonyl (C=O) groups excluding carboxylic acids is 1. The van der Waals surface area contributed by atoms with E-state index >= 15 is 0 Å². The molecule has 2 unspecified atom stereocenters. The third kappa shape index (κ3) is 3.25. The lowest BCUT2D eigenvalue weighted by molar-refractivity contribution is 0.0911. The topological polar surface area (TPSA) is 56.3 Å². The fraction of sp³-hybridized carbons (Fsp3) is 0.389. The van der Waals surface area contributed by atoms with E-state index in [4.69, 9.17) is 0 Å². The molecule has 0 amide bonds.